The van der Waals surface area contributed by atoms with Crippen LogP contribution < -0.4 is 10.6 Å². The number of thiazole rings is 1. The number of nitrogens with zero attached hydrogens (tertiary/aromatic N) is 1. The van der Waals surface area contributed by atoms with Crippen molar-refractivity contribution in [2.45, 2.75) is 6.92 Å². The molecule has 5 nitrogen and oxygen atoms in total. The van der Waals surface area contributed by atoms with E-state index in [9.17, 15) is 4.79 Å². The summed E-state index contributed by atoms with van der Waals surface area (Å²) in [6, 6.07) is 8.13. The number of carbonyl (C=O) groups is 1. The number of benzene rings is 1. The molecule has 0 bridgehead atoms. The SMILES string of the molecule is COCCNCCNC(=O)c1csc(-c2ccc(C)cc2)n1. The fourth-order valence-electron chi connectivity index (χ4n) is 1.86. The molecule has 0 aliphatic rings. The number of methoxy groups -OCH3 is 1. The molecule has 0 spiro atoms. The summed E-state index contributed by atoms with van der Waals surface area (Å²) in [6.07, 6.45) is 0. The van der Waals surface area contributed by atoms with Crippen molar-refractivity contribution in [3.8, 4) is 10.6 Å². The van der Waals surface area contributed by atoms with Crippen LogP contribution in [0.5, 0.6) is 0 Å². The average Bonchev–Trinajstić information content (AvgIpc) is 3.01. The van der Waals surface area contributed by atoms with Crippen LogP contribution in [0.1, 0.15) is 16.1 Å². The lowest BCUT2D eigenvalue weighted by Crippen LogP contribution is -2.33. The first kappa shape index (κ1) is 16.6. The minimum absolute atomic E-state index is 0.136. The molecular weight excluding hydrogens is 298 g/mol. The van der Waals surface area contributed by atoms with Crippen molar-refractivity contribution in [1.82, 2.24) is 15.6 Å². The van der Waals surface area contributed by atoms with Gasteiger partial charge in [0.05, 0.1) is 6.61 Å². The van der Waals surface area contributed by atoms with Gasteiger partial charge in [0.2, 0.25) is 0 Å². The number of hydrogen-bond donors (Lipinski definition) is 2. The van der Waals surface area contributed by atoms with Crippen LogP contribution in [-0.2, 0) is 4.74 Å². The van der Waals surface area contributed by atoms with Crippen molar-refractivity contribution < 1.29 is 9.53 Å². The van der Waals surface area contributed by atoms with Gasteiger partial charge in [-0.2, -0.15) is 0 Å². The van der Waals surface area contributed by atoms with Crippen LogP contribution in [0, 0.1) is 6.92 Å². The maximum Gasteiger partial charge on any atom is 0.270 e. The lowest BCUT2D eigenvalue weighted by Gasteiger charge is -2.05. The van der Waals surface area contributed by atoms with Crippen LogP contribution >= 0.6 is 11.3 Å². The lowest BCUT2D eigenvalue weighted by molar-refractivity contribution is 0.0949. The van der Waals surface area contributed by atoms with E-state index in [2.05, 4.69) is 15.6 Å². The quantitative estimate of drug-likeness (QED) is 0.731. The third-order valence-electron chi connectivity index (χ3n) is 3.11. The molecule has 0 aliphatic heterocycles. The Labute approximate surface area is 134 Å². The van der Waals surface area contributed by atoms with Crippen molar-refractivity contribution in [3.05, 3.63) is 40.9 Å². The molecule has 0 atom stereocenters. The normalized spacial score (nSPS) is 10.6. The second-order valence-electron chi connectivity index (χ2n) is 4.90. The number of ether oxygens (including phenoxy) is 1. The topological polar surface area (TPSA) is 63.2 Å². The van der Waals surface area contributed by atoms with E-state index in [-0.39, 0.29) is 5.91 Å². The molecule has 0 saturated carbocycles. The molecule has 0 unspecified atom stereocenters. The van der Waals surface area contributed by atoms with Gasteiger partial charge in [-0.3, -0.25) is 4.79 Å². The van der Waals surface area contributed by atoms with E-state index in [1.807, 2.05) is 31.2 Å². The maximum atomic E-state index is 12.0. The highest BCUT2D eigenvalue weighted by Gasteiger charge is 2.11. The molecule has 22 heavy (non-hydrogen) atoms. The maximum absolute atomic E-state index is 12.0. The molecule has 0 aliphatic carbocycles. The van der Waals surface area contributed by atoms with Gasteiger partial charge in [0, 0.05) is 37.7 Å². The van der Waals surface area contributed by atoms with E-state index in [4.69, 9.17) is 4.74 Å². The molecule has 0 radical (unpaired) electrons. The highest BCUT2D eigenvalue weighted by molar-refractivity contribution is 7.13. The number of amides is 1. The smallest absolute Gasteiger partial charge is 0.270 e. The van der Waals surface area contributed by atoms with E-state index in [1.165, 1.54) is 16.9 Å². The number of hydrogen-bond acceptors (Lipinski definition) is 5. The van der Waals surface area contributed by atoms with Gasteiger partial charge >= 0.3 is 0 Å². The largest absolute Gasteiger partial charge is 0.383 e. The van der Waals surface area contributed by atoms with Crippen LogP contribution in [0.4, 0.5) is 0 Å². The summed E-state index contributed by atoms with van der Waals surface area (Å²) < 4.78 is 4.93. The third kappa shape index (κ3) is 4.91. The van der Waals surface area contributed by atoms with Gasteiger partial charge in [0.1, 0.15) is 10.7 Å². The van der Waals surface area contributed by atoms with Crippen LogP contribution in [0.15, 0.2) is 29.6 Å². The predicted octanol–water partition coefficient (Wildman–Crippen LogP) is 2.08. The monoisotopic (exact) mass is 319 g/mol. The highest BCUT2D eigenvalue weighted by atomic mass is 32.1. The van der Waals surface area contributed by atoms with Gasteiger partial charge in [-0.05, 0) is 6.92 Å². The summed E-state index contributed by atoms with van der Waals surface area (Å²) in [6.45, 7) is 4.77. The van der Waals surface area contributed by atoms with Crippen LogP contribution in [0.3, 0.4) is 0 Å². The summed E-state index contributed by atoms with van der Waals surface area (Å²) in [5, 5.41) is 8.68. The zero-order chi connectivity index (χ0) is 15.8. The number of aromatic nitrogens is 1. The first-order chi connectivity index (χ1) is 10.7. The molecule has 1 heterocycles. The Bertz CT molecular complexity index is 596. The molecule has 2 N–H and O–H groups in total. The van der Waals surface area contributed by atoms with Gasteiger partial charge in [-0.1, -0.05) is 29.8 Å². The third-order valence-corrected chi connectivity index (χ3v) is 4.00. The van der Waals surface area contributed by atoms with Crippen molar-refractivity contribution in [2.24, 2.45) is 0 Å². The van der Waals surface area contributed by atoms with Crippen molar-refractivity contribution >= 4 is 17.2 Å². The number of carbonyl (C=O) groups excluding carboxylic acids is 1. The molecule has 2 aromatic rings. The van der Waals surface area contributed by atoms with Gasteiger partial charge in [-0.25, -0.2) is 4.98 Å². The summed E-state index contributed by atoms with van der Waals surface area (Å²) in [5.41, 5.74) is 2.72. The van der Waals surface area contributed by atoms with Gasteiger partial charge in [0.25, 0.3) is 5.91 Å². The lowest BCUT2D eigenvalue weighted by atomic mass is 10.2. The summed E-state index contributed by atoms with van der Waals surface area (Å²) in [7, 11) is 1.66. The van der Waals surface area contributed by atoms with Crippen LogP contribution in [0.25, 0.3) is 10.6 Å². The van der Waals surface area contributed by atoms with E-state index in [1.54, 1.807) is 12.5 Å². The molecule has 1 amide bonds. The predicted molar refractivity (Wildman–Crippen MR) is 89.4 cm³/mol. The second kappa shape index (κ2) is 8.63. The van der Waals surface area contributed by atoms with Gasteiger partial charge < -0.3 is 15.4 Å². The molecule has 2 rings (SSSR count). The molecular formula is C16H21N3O2S. The molecule has 118 valence electrons. The minimum Gasteiger partial charge on any atom is -0.383 e. The first-order valence-corrected chi connectivity index (χ1v) is 8.09. The molecule has 0 saturated heterocycles. The Balaban J connectivity index is 1.83. The zero-order valence-electron chi connectivity index (χ0n) is 12.9. The molecule has 0 fully saturated rings. The fourth-order valence-corrected chi connectivity index (χ4v) is 2.67. The number of aryl methyl sites for hydroxylation is 1. The Kier molecular flexibility index (Phi) is 6.51. The van der Waals surface area contributed by atoms with E-state index in [0.717, 1.165) is 17.1 Å². The van der Waals surface area contributed by atoms with Crippen LogP contribution in [-0.4, -0.2) is 44.2 Å². The van der Waals surface area contributed by atoms with Crippen LogP contribution in [0.2, 0.25) is 0 Å². The van der Waals surface area contributed by atoms with Crippen molar-refractivity contribution in [1.29, 1.82) is 0 Å². The first-order valence-electron chi connectivity index (χ1n) is 7.21. The van der Waals surface area contributed by atoms with Gasteiger partial charge in [-0.15, -0.1) is 11.3 Å². The van der Waals surface area contributed by atoms with Gasteiger partial charge in [0.15, 0.2) is 0 Å². The van der Waals surface area contributed by atoms with E-state index < -0.39 is 0 Å². The fraction of sp³-hybridized carbons (Fsp3) is 0.375. The van der Waals surface area contributed by atoms with E-state index in [0.29, 0.717) is 25.4 Å². The molecule has 1 aromatic carbocycles. The van der Waals surface area contributed by atoms with E-state index >= 15 is 0 Å². The number of nitrogens with one attached hydrogen (secondary N) is 2. The Morgan fingerprint density at radius 3 is 2.73 bits per heavy atom. The molecule has 6 heteroatoms. The number of rotatable bonds is 8. The standard InChI is InChI=1S/C16H21N3O2S/c1-12-3-5-13(6-4-12)16-19-14(11-22-16)15(20)18-8-7-17-9-10-21-2/h3-6,11,17H,7-10H2,1-2H3,(H,18,20). The van der Waals surface area contributed by atoms with Crippen molar-refractivity contribution in [2.75, 3.05) is 33.4 Å². The Morgan fingerprint density at radius 1 is 1.23 bits per heavy atom. The minimum atomic E-state index is -0.136. The zero-order valence-corrected chi connectivity index (χ0v) is 13.7. The highest BCUT2D eigenvalue weighted by Crippen LogP contribution is 2.23. The Morgan fingerprint density at radius 2 is 2.00 bits per heavy atom. The summed E-state index contributed by atoms with van der Waals surface area (Å²) in [4.78, 5) is 16.4. The average molecular weight is 319 g/mol. The van der Waals surface area contributed by atoms with Crippen molar-refractivity contribution in [3.63, 3.8) is 0 Å². The molecule has 1 aromatic heterocycles. The summed E-state index contributed by atoms with van der Waals surface area (Å²) >= 11 is 1.48. The Hall–Kier alpha value is -1.76. The second-order valence-corrected chi connectivity index (χ2v) is 5.76. The summed E-state index contributed by atoms with van der Waals surface area (Å²) in [5.74, 6) is -0.136.